The Hall–Kier alpha value is -1.86. The molecular weight excluding hydrogens is 386 g/mol. The Morgan fingerprint density at radius 3 is 2.78 bits per heavy atom. The van der Waals surface area contributed by atoms with Gasteiger partial charge in [-0.05, 0) is 64.7 Å². The van der Waals surface area contributed by atoms with Gasteiger partial charge < -0.3 is 10.1 Å². The van der Waals surface area contributed by atoms with Crippen LogP contribution < -0.4 is 5.32 Å². The number of anilines is 1. The minimum Gasteiger partial charge on any atom is -0.444 e. The largest absolute Gasteiger partial charge is 0.444 e. The summed E-state index contributed by atoms with van der Waals surface area (Å²) in [6, 6.07) is 3.20. The molecule has 1 aromatic carbocycles. The molecule has 27 heavy (non-hydrogen) atoms. The van der Waals surface area contributed by atoms with Gasteiger partial charge in [0.05, 0.1) is 10.2 Å². The summed E-state index contributed by atoms with van der Waals surface area (Å²) in [5.74, 6) is -0.234. The second-order valence-electron chi connectivity index (χ2n) is 7.76. The van der Waals surface area contributed by atoms with Gasteiger partial charge in [0, 0.05) is 11.6 Å². The van der Waals surface area contributed by atoms with Gasteiger partial charge >= 0.3 is 6.09 Å². The fourth-order valence-electron chi connectivity index (χ4n) is 3.04. The Kier molecular flexibility index (Phi) is 5.63. The first kappa shape index (κ1) is 19.9. The van der Waals surface area contributed by atoms with Gasteiger partial charge in [-0.2, -0.15) is 0 Å². The number of amides is 2. The van der Waals surface area contributed by atoms with Crippen LogP contribution in [0.3, 0.4) is 0 Å². The summed E-state index contributed by atoms with van der Waals surface area (Å²) in [6.07, 6.45) is 1.92. The number of thiazole rings is 1. The number of benzene rings is 1. The van der Waals surface area contributed by atoms with Crippen LogP contribution in [0.2, 0.25) is 5.02 Å². The fourth-order valence-corrected chi connectivity index (χ4v) is 4.14. The molecular formula is C19H24ClN3O3S. The zero-order chi connectivity index (χ0) is 19.8. The summed E-state index contributed by atoms with van der Waals surface area (Å²) in [5, 5.41) is 4.02. The molecule has 1 atom stereocenters. The summed E-state index contributed by atoms with van der Waals surface area (Å²) < 4.78 is 6.42. The average Bonchev–Trinajstić information content (AvgIpc) is 2.94. The lowest BCUT2D eigenvalue weighted by atomic mass is 10.0. The van der Waals surface area contributed by atoms with E-state index in [4.69, 9.17) is 16.3 Å². The maximum absolute atomic E-state index is 12.8. The van der Waals surface area contributed by atoms with Gasteiger partial charge in [0.15, 0.2) is 5.13 Å². The molecule has 1 N–H and O–H groups in total. The van der Waals surface area contributed by atoms with E-state index in [2.05, 4.69) is 10.3 Å². The molecule has 1 aromatic heterocycles. The number of ether oxygens (including phenoxy) is 1. The van der Waals surface area contributed by atoms with E-state index in [0.717, 1.165) is 28.6 Å². The Morgan fingerprint density at radius 1 is 1.33 bits per heavy atom. The SMILES string of the molecule is Cc1cc2sc(NC(=O)[C@@H]3CCCCN3C(=O)OC(C)(C)C)nc2cc1Cl. The Morgan fingerprint density at radius 2 is 2.07 bits per heavy atom. The first-order chi connectivity index (χ1) is 12.6. The number of hydrogen-bond acceptors (Lipinski definition) is 5. The monoisotopic (exact) mass is 409 g/mol. The van der Waals surface area contributed by atoms with Crippen molar-refractivity contribution < 1.29 is 14.3 Å². The summed E-state index contributed by atoms with van der Waals surface area (Å²) in [7, 11) is 0. The number of carbonyl (C=O) groups is 2. The molecule has 1 aliphatic heterocycles. The minimum atomic E-state index is -0.598. The molecule has 1 aliphatic rings. The van der Waals surface area contributed by atoms with Crippen LogP contribution in [0.5, 0.6) is 0 Å². The molecule has 3 rings (SSSR count). The van der Waals surface area contributed by atoms with Crippen LogP contribution in [0.1, 0.15) is 45.6 Å². The van der Waals surface area contributed by atoms with Crippen LogP contribution >= 0.6 is 22.9 Å². The summed E-state index contributed by atoms with van der Waals surface area (Å²) >= 11 is 7.55. The molecule has 2 amide bonds. The quantitative estimate of drug-likeness (QED) is 0.758. The zero-order valence-electron chi connectivity index (χ0n) is 16.0. The van der Waals surface area contributed by atoms with E-state index >= 15 is 0 Å². The van der Waals surface area contributed by atoms with E-state index in [-0.39, 0.29) is 5.91 Å². The average molecular weight is 410 g/mol. The highest BCUT2D eigenvalue weighted by Crippen LogP contribution is 2.31. The van der Waals surface area contributed by atoms with E-state index in [1.165, 1.54) is 16.2 Å². The van der Waals surface area contributed by atoms with Gasteiger partial charge in [-0.1, -0.05) is 22.9 Å². The lowest BCUT2D eigenvalue weighted by Crippen LogP contribution is -2.51. The van der Waals surface area contributed by atoms with Crippen LogP contribution in [-0.4, -0.2) is 40.1 Å². The Bertz CT molecular complexity index is 836. The zero-order valence-corrected chi connectivity index (χ0v) is 17.5. The molecule has 1 fully saturated rings. The third-order valence-corrected chi connectivity index (χ3v) is 5.67. The number of nitrogens with zero attached hydrogens (tertiary/aromatic N) is 2. The summed E-state index contributed by atoms with van der Waals surface area (Å²) in [4.78, 5) is 31.3. The standard InChI is InChI=1S/C19H24ClN3O3S/c1-11-9-15-13(10-12(11)20)21-17(27-15)22-16(24)14-7-5-6-8-23(14)18(25)26-19(2,3)4/h9-10,14H,5-8H2,1-4H3,(H,21,22,24)/t14-/m0/s1. The number of aryl methyl sites for hydroxylation is 1. The Labute approximate surface area is 167 Å². The third-order valence-electron chi connectivity index (χ3n) is 4.33. The fraction of sp³-hybridized carbons (Fsp3) is 0.526. The highest BCUT2D eigenvalue weighted by atomic mass is 35.5. The maximum atomic E-state index is 12.8. The lowest BCUT2D eigenvalue weighted by molar-refractivity contribution is -0.122. The van der Waals surface area contributed by atoms with Crippen molar-refractivity contribution in [1.29, 1.82) is 0 Å². The van der Waals surface area contributed by atoms with E-state index < -0.39 is 17.7 Å². The maximum Gasteiger partial charge on any atom is 0.410 e. The molecule has 0 radical (unpaired) electrons. The molecule has 0 saturated carbocycles. The number of fused-ring (bicyclic) bond motifs is 1. The predicted octanol–water partition coefficient (Wildman–Crippen LogP) is 4.99. The molecule has 0 spiro atoms. The number of rotatable bonds is 2. The highest BCUT2D eigenvalue weighted by Gasteiger charge is 2.35. The van der Waals surface area contributed by atoms with Crippen LogP contribution in [-0.2, 0) is 9.53 Å². The van der Waals surface area contributed by atoms with E-state index in [0.29, 0.717) is 23.1 Å². The van der Waals surface area contributed by atoms with Gasteiger partial charge in [-0.25, -0.2) is 9.78 Å². The molecule has 1 saturated heterocycles. The second-order valence-corrected chi connectivity index (χ2v) is 9.20. The molecule has 2 aromatic rings. The highest BCUT2D eigenvalue weighted by molar-refractivity contribution is 7.22. The third kappa shape index (κ3) is 4.71. The first-order valence-electron chi connectivity index (χ1n) is 9.01. The molecule has 0 aliphatic carbocycles. The van der Waals surface area contributed by atoms with Gasteiger partial charge in [-0.3, -0.25) is 9.69 Å². The van der Waals surface area contributed by atoms with Crippen LogP contribution in [0.25, 0.3) is 10.2 Å². The van der Waals surface area contributed by atoms with Gasteiger partial charge in [0.2, 0.25) is 5.91 Å². The molecule has 8 heteroatoms. The van der Waals surface area contributed by atoms with E-state index in [1.807, 2.05) is 33.8 Å². The number of aromatic nitrogens is 1. The smallest absolute Gasteiger partial charge is 0.410 e. The molecule has 6 nitrogen and oxygen atoms in total. The van der Waals surface area contributed by atoms with E-state index in [9.17, 15) is 9.59 Å². The van der Waals surface area contributed by atoms with Crippen molar-refractivity contribution >= 4 is 50.3 Å². The van der Waals surface area contributed by atoms with Crippen molar-refractivity contribution in [3.63, 3.8) is 0 Å². The number of nitrogens with one attached hydrogen (secondary N) is 1. The van der Waals surface area contributed by atoms with Gasteiger partial charge in [-0.15, -0.1) is 0 Å². The summed E-state index contributed by atoms with van der Waals surface area (Å²) in [6.45, 7) is 7.90. The molecule has 146 valence electrons. The number of carbonyl (C=O) groups excluding carboxylic acids is 2. The Balaban J connectivity index is 1.76. The summed E-state index contributed by atoms with van der Waals surface area (Å²) in [5.41, 5.74) is 1.12. The van der Waals surface area contributed by atoms with Crippen molar-refractivity contribution in [2.45, 2.75) is 58.6 Å². The number of hydrogen-bond donors (Lipinski definition) is 1. The molecule has 0 bridgehead atoms. The van der Waals surface area contributed by atoms with Crippen LogP contribution in [0, 0.1) is 6.92 Å². The topological polar surface area (TPSA) is 71.5 Å². The normalized spacial score (nSPS) is 17.8. The van der Waals surface area contributed by atoms with Gasteiger partial charge in [0.1, 0.15) is 11.6 Å². The van der Waals surface area contributed by atoms with Crippen molar-refractivity contribution in [2.24, 2.45) is 0 Å². The number of piperidine rings is 1. The predicted molar refractivity (Wildman–Crippen MR) is 109 cm³/mol. The van der Waals surface area contributed by atoms with E-state index in [1.54, 1.807) is 6.07 Å². The van der Waals surface area contributed by atoms with Gasteiger partial charge in [0.25, 0.3) is 0 Å². The lowest BCUT2D eigenvalue weighted by Gasteiger charge is -2.35. The molecule has 0 unspecified atom stereocenters. The number of likely N-dealkylation sites (tertiary alicyclic amines) is 1. The van der Waals surface area contributed by atoms with Crippen LogP contribution in [0.4, 0.5) is 9.93 Å². The van der Waals surface area contributed by atoms with Crippen LogP contribution in [0.15, 0.2) is 12.1 Å². The van der Waals surface area contributed by atoms with Crippen molar-refractivity contribution in [1.82, 2.24) is 9.88 Å². The number of halogens is 1. The van der Waals surface area contributed by atoms with Crippen molar-refractivity contribution in [3.05, 3.63) is 22.7 Å². The first-order valence-corrected chi connectivity index (χ1v) is 10.2. The minimum absolute atomic E-state index is 0.234. The van der Waals surface area contributed by atoms with Crippen molar-refractivity contribution in [2.75, 3.05) is 11.9 Å². The second kappa shape index (κ2) is 7.64. The van der Waals surface area contributed by atoms with Crippen molar-refractivity contribution in [3.8, 4) is 0 Å². The molecule has 2 heterocycles.